The summed E-state index contributed by atoms with van der Waals surface area (Å²) >= 11 is 0. The third-order valence-electron chi connectivity index (χ3n) is 1.92. The smallest absolute Gasteiger partial charge is 0.406 e. The van der Waals surface area contributed by atoms with Gasteiger partial charge >= 0.3 is 12.1 Å². The summed E-state index contributed by atoms with van der Waals surface area (Å²) in [6.07, 6.45) is -1.07. The molecule has 0 aliphatic rings. The van der Waals surface area contributed by atoms with Crippen molar-refractivity contribution in [1.29, 1.82) is 0 Å². The Morgan fingerprint density at radius 3 is 2.11 bits per heavy atom. The quantitative estimate of drug-likeness (QED) is 0.550. The van der Waals surface area contributed by atoms with E-state index in [1.807, 2.05) is 0 Å². The number of amides is 1. The van der Waals surface area contributed by atoms with Crippen molar-refractivity contribution in [3.05, 3.63) is 12.2 Å². The average Bonchev–Trinajstić information content (AvgIpc) is 2.32. The maximum atomic E-state index is 11.1. The predicted molar refractivity (Wildman–Crippen MR) is 66.2 cm³/mol. The van der Waals surface area contributed by atoms with Crippen LogP contribution in [0.2, 0.25) is 0 Å². The molecule has 0 bridgehead atoms. The number of carbonyl (C=O) groups excluding carboxylic acids is 2. The molecular formula is C12H21NO5. The van der Waals surface area contributed by atoms with Crippen molar-refractivity contribution in [2.24, 2.45) is 0 Å². The van der Waals surface area contributed by atoms with Gasteiger partial charge in [0.15, 0.2) is 0 Å². The molecule has 2 unspecified atom stereocenters. The van der Waals surface area contributed by atoms with Gasteiger partial charge in [-0.25, -0.2) is 9.59 Å². The lowest BCUT2D eigenvalue weighted by Crippen LogP contribution is -2.29. The lowest BCUT2D eigenvalue weighted by Gasteiger charge is -2.19. The van der Waals surface area contributed by atoms with Gasteiger partial charge in [-0.05, 0) is 20.8 Å². The van der Waals surface area contributed by atoms with Crippen LogP contribution in [-0.4, -0.2) is 44.5 Å². The molecule has 0 aromatic carbocycles. The van der Waals surface area contributed by atoms with Gasteiger partial charge in [-0.2, -0.15) is 0 Å². The summed E-state index contributed by atoms with van der Waals surface area (Å²) in [5.74, 6) is -0.445. The zero-order valence-corrected chi connectivity index (χ0v) is 11.3. The molecule has 0 saturated heterocycles. The minimum Gasteiger partial charge on any atom is -0.460 e. The lowest BCUT2D eigenvalue weighted by atomic mass is 10.3. The Morgan fingerprint density at radius 1 is 1.17 bits per heavy atom. The monoisotopic (exact) mass is 259 g/mol. The molecule has 18 heavy (non-hydrogen) atoms. The fraction of sp³-hybridized carbons (Fsp3) is 0.667. The van der Waals surface area contributed by atoms with Crippen molar-refractivity contribution >= 4 is 12.1 Å². The highest BCUT2D eigenvalue weighted by Gasteiger charge is 2.13. The number of rotatable bonds is 7. The van der Waals surface area contributed by atoms with Gasteiger partial charge in [0.1, 0.15) is 13.2 Å². The molecule has 0 spiro atoms. The summed E-state index contributed by atoms with van der Waals surface area (Å²) in [6, 6.07) is 0. The molecule has 6 nitrogen and oxygen atoms in total. The Morgan fingerprint density at radius 2 is 1.67 bits per heavy atom. The first-order valence-corrected chi connectivity index (χ1v) is 5.69. The van der Waals surface area contributed by atoms with Crippen LogP contribution in [0.25, 0.3) is 0 Å². The van der Waals surface area contributed by atoms with Gasteiger partial charge in [-0.15, -0.1) is 0 Å². The summed E-state index contributed by atoms with van der Waals surface area (Å²) in [4.78, 5) is 22.0. The zero-order chi connectivity index (χ0) is 14.1. The van der Waals surface area contributed by atoms with Gasteiger partial charge in [-0.3, -0.25) is 0 Å². The van der Waals surface area contributed by atoms with Crippen molar-refractivity contribution in [3.63, 3.8) is 0 Å². The maximum Gasteiger partial charge on any atom is 0.406 e. The van der Waals surface area contributed by atoms with Gasteiger partial charge in [0.2, 0.25) is 0 Å². The highest BCUT2D eigenvalue weighted by Crippen LogP contribution is 2.01. The van der Waals surface area contributed by atoms with Crippen LogP contribution in [0.4, 0.5) is 4.79 Å². The van der Waals surface area contributed by atoms with E-state index in [1.54, 1.807) is 20.8 Å². The average molecular weight is 259 g/mol. The molecule has 0 heterocycles. The molecule has 0 radical (unpaired) electrons. The Balaban J connectivity index is 3.80. The van der Waals surface area contributed by atoms with E-state index in [0.717, 1.165) is 0 Å². The van der Waals surface area contributed by atoms with Crippen molar-refractivity contribution in [3.8, 4) is 0 Å². The normalized spacial score (nSPS) is 13.3. The minimum atomic E-state index is -0.508. The molecule has 1 N–H and O–H groups in total. The highest BCUT2D eigenvalue weighted by atomic mass is 16.6. The van der Waals surface area contributed by atoms with E-state index in [1.165, 1.54) is 7.05 Å². The summed E-state index contributed by atoms with van der Waals surface area (Å²) in [5.41, 5.74) is 0.346. The molecule has 0 aromatic rings. The van der Waals surface area contributed by atoms with Crippen LogP contribution in [0.15, 0.2) is 12.2 Å². The third kappa shape index (κ3) is 7.67. The van der Waals surface area contributed by atoms with Crippen LogP contribution < -0.4 is 5.32 Å². The number of alkyl carbamates (subject to hydrolysis) is 1. The van der Waals surface area contributed by atoms with Crippen molar-refractivity contribution in [1.82, 2.24) is 5.32 Å². The van der Waals surface area contributed by atoms with Gasteiger partial charge < -0.3 is 19.5 Å². The number of ether oxygens (including phenoxy) is 3. The summed E-state index contributed by atoms with van der Waals surface area (Å²) in [6.45, 7) is 8.85. The first kappa shape index (κ1) is 16.4. The summed E-state index contributed by atoms with van der Waals surface area (Å²) in [5, 5.41) is 2.33. The van der Waals surface area contributed by atoms with Crippen LogP contribution in [-0.2, 0) is 19.0 Å². The summed E-state index contributed by atoms with van der Waals surface area (Å²) < 4.78 is 15.2. The number of esters is 1. The molecule has 6 heteroatoms. The van der Waals surface area contributed by atoms with E-state index in [9.17, 15) is 9.59 Å². The van der Waals surface area contributed by atoms with Crippen molar-refractivity contribution in [2.75, 3.05) is 20.3 Å². The Kier molecular flexibility index (Phi) is 7.78. The van der Waals surface area contributed by atoms with E-state index in [-0.39, 0.29) is 25.4 Å². The Labute approximate surface area is 107 Å². The van der Waals surface area contributed by atoms with Gasteiger partial charge in [0, 0.05) is 12.6 Å². The molecule has 1 amide bonds. The van der Waals surface area contributed by atoms with Crippen LogP contribution in [0.1, 0.15) is 20.8 Å². The molecule has 104 valence electrons. The second-order valence-corrected chi connectivity index (χ2v) is 3.98. The van der Waals surface area contributed by atoms with Crippen LogP contribution in [0.3, 0.4) is 0 Å². The van der Waals surface area contributed by atoms with Crippen LogP contribution in [0, 0.1) is 0 Å². The standard InChI is InChI=1S/C12H21NO5/c1-8(2)11(14)16-6-9(3)18-10(4)7-17-12(15)13-5/h9-10H,1,6-7H2,2-5H3,(H,13,15). The number of hydrogen-bond donors (Lipinski definition) is 1. The van der Waals surface area contributed by atoms with Crippen LogP contribution >= 0.6 is 0 Å². The number of nitrogens with one attached hydrogen (secondary N) is 1. The van der Waals surface area contributed by atoms with E-state index in [0.29, 0.717) is 5.57 Å². The first-order valence-electron chi connectivity index (χ1n) is 5.69. The maximum absolute atomic E-state index is 11.1. The fourth-order valence-electron chi connectivity index (χ4n) is 1.06. The third-order valence-corrected chi connectivity index (χ3v) is 1.92. The molecule has 0 fully saturated rings. The molecule has 0 aliphatic heterocycles. The first-order chi connectivity index (χ1) is 8.36. The van der Waals surface area contributed by atoms with Gasteiger partial charge in [0.05, 0.1) is 12.2 Å². The number of carbonyl (C=O) groups is 2. The molecule has 0 rings (SSSR count). The second kappa shape index (κ2) is 8.52. The summed E-state index contributed by atoms with van der Waals surface area (Å²) in [7, 11) is 1.48. The Hall–Kier alpha value is -1.56. The molecular weight excluding hydrogens is 238 g/mol. The van der Waals surface area contributed by atoms with E-state index < -0.39 is 12.1 Å². The minimum absolute atomic E-state index is 0.135. The van der Waals surface area contributed by atoms with Crippen molar-refractivity contribution < 1.29 is 23.8 Å². The fourth-order valence-corrected chi connectivity index (χ4v) is 1.06. The second-order valence-electron chi connectivity index (χ2n) is 3.98. The van der Waals surface area contributed by atoms with Gasteiger partial charge in [-0.1, -0.05) is 6.58 Å². The molecule has 0 aliphatic carbocycles. The SMILES string of the molecule is C=C(C)C(=O)OCC(C)OC(C)COC(=O)NC. The van der Waals surface area contributed by atoms with E-state index in [2.05, 4.69) is 11.9 Å². The Bertz CT molecular complexity index is 303. The van der Waals surface area contributed by atoms with E-state index >= 15 is 0 Å². The predicted octanol–water partition coefficient (Wildman–Crippen LogP) is 1.26. The topological polar surface area (TPSA) is 73.9 Å². The molecule has 0 saturated carbocycles. The number of hydrogen-bond acceptors (Lipinski definition) is 5. The zero-order valence-electron chi connectivity index (χ0n) is 11.3. The highest BCUT2D eigenvalue weighted by molar-refractivity contribution is 5.86. The van der Waals surface area contributed by atoms with Gasteiger partial charge in [0.25, 0.3) is 0 Å². The lowest BCUT2D eigenvalue weighted by molar-refractivity contribution is -0.144. The largest absolute Gasteiger partial charge is 0.460 e. The molecule has 0 aromatic heterocycles. The van der Waals surface area contributed by atoms with E-state index in [4.69, 9.17) is 14.2 Å². The van der Waals surface area contributed by atoms with Crippen LogP contribution in [0.5, 0.6) is 0 Å². The van der Waals surface area contributed by atoms with Crippen molar-refractivity contribution in [2.45, 2.75) is 33.0 Å². The molecule has 2 atom stereocenters.